The Morgan fingerprint density at radius 2 is 1.78 bits per heavy atom. The predicted molar refractivity (Wildman–Crippen MR) is 80.3 cm³/mol. The molecule has 5 atom stereocenters. The Kier molecular flexibility index (Phi) is 2.71. The third-order valence-electron chi connectivity index (χ3n) is 5.12. The first-order valence-electron chi connectivity index (χ1n) is 8.01. The summed E-state index contributed by atoms with van der Waals surface area (Å²) in [4.78, 5) is 0. The van der Waals surface area contributed by atoms with Gasteiger partial charge in [-0.2, -0.15) is 0 Å². The van der Waals surface area contributed by atoms with Crippen LogP contribution in [0.1, 0.15) is 20.3 Å². The lowest BCUT2D eigenvalue weighted by Crippen LogP contribution is -2.37. The highest BCUT2D eigenvalue weighted by Gasteiger charge is 2.78. The molecule has 1 aromatic rings. The van der Waals surface area contributed by atoms with Gasteiger partial charge in [0.15, 0.2) is 12.1 Å². The van der Waals surface area contributed by atoms with Crippen molar-refractivity contribution in [1.29, 1.82) is 0 Å². The van der Waals surface area contributed by atoms with Crippen LogP contribution in [0.25, 0.3) is 0 Å². The van der Waals surface area contributed by atoms with Gasteiger partial charge < -0.3 is 28.3 Å². The molecule has 0 aromatic heterocycles. The van der Waals surface area contributed by atoms with Crippen molar-refractivity contribution in [2.45, 2.75) is 56.0 Å². The van der Waals surface area contributed by atoms with E-state index < -0.39 is 17.7 Å². The summed E-state index contributed by atoms with van der Waals surface area (Å²) >= 11 is 0. The van der Waals surface area contributed by atoms with Crippen molar-refractivity contribution in [3.63, 3.8) is 0 Å². The maximum Gasteiger partial charge on any atom is 0.601 e. The molecule has 0 amide bonds. The van der Waals surface area contributed by atoms with Gasteiger partial charge in [0.1, 0.15) is 29.3 Å². The van der Waals surface area contributed by atoms with Gasteiger partial charge in [-0.25, -0.2) is 0 Å². The minimum atomic E-state index is -0.629. The highest BCUT2D eigenvalue weighted by atomic mass is 16.8. The van der Waals surface area contributed by atoms with E-state index in [1.165, 1.54) is 0 Å². The molecule has 0 radical (unpaired) electrons. The molecule has 1 spiro atoms. The molecule has 122 valence electrons. The Balaban J connectivity index is 1.39. The third-order valence-corrected chi connectivity index (χ3v) is 5.12. The number of ether oxygens (including phenoxy) is 4. The van der Waals surface area contributed by atoms with E-state index in [0.29, 0.717) is 0 Å². The first kappa shape index (κ1) is 14.1. The summed E-state index contributed by atoms with van der Waals surface area (Å²) in [5.74, 6) is 1.03. The van der Waals surface area contributed by atoms with Crippen LogP contribution in [0.4, 0.5) is 0 Å². The van der Waals surface area contributed by atoms with E-state index in [-0.39, 0.29) is 25.1 Å². The van der Waals surface area contributed by atoms with E-state index in [1.54, 1.807) is 7.11 Å². The molecule has 0 bridgehead atoms. The van der Waals surface area contributed by atoms with Crippen molar-refractivity contribution in [1.82, 2.24) is 0 Å². The molecule has 3 fully saturated rings. The molecule has 1 aromatic carbocycles. The number of hydrogen-bond acceptors (Lipinski definition) is 6. The standard InChI is InChI=1S/C16H19BO6/c1-15(2)19-12-13(20-15)16(21-14(12)18-3)8-11(16)17-22-9-6-4-5-7-10(9)23-17/h4-7,11-14H,8H2,1-3H3/t11-,12+,13?,14-,16+/m1/s1. The van der Waals surface area contributed by atoms with Crippen molar-refractivity contribution < 1.29 is 28.3 Å². The lowest BCUT2D eigenvalue weighted by Gasteiger charge is -2.24. The normalized spacial score (nSPS) is 42.3. The number of benzene rings is 1. The van der Waals surface area contributed by atoms with Crippen LogP contribution in [0.3, 0.4) is 0 Å². The maximum atomic E-state index is 6.16. The zero-order valence-corrected chi connectivity index (χ0v) is 13.4. The topological polar surface area (TPSA) is 55.4 Å². The average molecular weight is 318 g/mol. The molecule has 5 rings (SSSR count). The minimum absolute atomic E-state index is 0.0973. The van der Waals surface area contributed by atoms with E-state index in [9.17, 15) is 0 Å². The molecule has 6 nitrogen and oxygen atoms in total. The number of para-hydroxylation sites is 2. The van der Waals surface area contributed by atoms with Crippen LogP contribution in [0.2, 0.25) is 5.82 Å². The molecule has 0 N–H and O–H groups in total. The summed E-state index contributed by atoms with van der Waals surface area (Å²) < 4.78 is 35.6. The van der Waals surface area contributed by atoms with Crippen LogP contribution in [-0.4, -0.2) is 44.1 Å². The van der Waals surface area contributed by atoms with Gasteiger partial charge in [0.2, 0.25) is 0 Å². The Bertz CT molecular complexity index is 626. The minimum Gasteiger partial charge on any atom is -0.523 e. The second kappa shape index (κ2) is 4.42. The van der Waals surface area contributed by atoms with Gasteiger partial charge in [-0.3, -0.25) is 0 Å². The fraction of sp³-hybridized carbons (Fsp3) is 0.625. The van der Waals surface area contributed by atoms with Crippen LogP contribution in [0.5, 0.6) is 11.5 Å². The van der Waals surface area contributed by atoms with Crippen LogP contribution in [0, 0.1) is 0 Å². The van der Waals surface area contributed by atoms with Gasteiger partial charge in [0.25, 0.3) is 0 Å². The number of methoxy groups -OCH3 is 1. The summed E-state index contributed by atoms with van der Waals surface area (Å²) in [6, 6.07) is 7.71. The van der Waals surface area contributed by atoms with E-state index in [4.69, 9.17) is 28.3 Å². The quantitative estimate of drug-likeness (QED) is 0.777. The zero-order valence-electron chi connectivity index (χ0n) is 13.4. The monoisotopic (exact) mass is 318 g/mol. The molecule has 3 aliphatic heterocycles. The van der Waals surface area contributed by atoms with Crippen LogP contribution < -0.4 is 9.31 Å². The molecule has 2 saturated heterocycles. The lowest BCUT2D eigenvalue weighted by molar-refractivity contribution is -0.232. The molecular formula is C16H19BO6. The second-order valence-corrected chi connectivity index (χ2v) is 7.06. The van der Waals surface area contributed by atoms with Crippen molar-refractivity contribution in [2.24, 2.45) is 0 Å². The van der Waals surface area contributed by atoms with Crippen LogP contribution >= 0.6 is 0 Å². The van der Waals surface area contributed by atoms with Crippen molar-refractivity contribution in [2.75, 3.05) is 7.11 Å². The summed E-state index contributed by atoms with van der Waals surface area (Å²) in [7, 11) is 1.28. The van der Waals surface area contributed by atoms with E-state index in [2.05, 4.69) is 0 Å². The van der Waals surface area contributed by atoms with Crippen molar-refractivity contribution in [3.8, 4) is 11.5 Å². The van der Waals surface area contributed by atoms with Crippen molar-refractivity contribution in [3.05, 3.63) is 24.3 Å². The summed E-state index contributed by atoms with van der Waals surface area (Å²) in [5, 5.41) is 0. The molecule has 7 heteroatoms. The SMILES string of the molecule is CO[C@@H]1O[C@]2(C[C@H]2B2Oc3ccccc3O2)C2OC(C)(C)O[C@@H]21. The number of fused-ring (bicyclic) bond motifs is 3. The van der Waals surface area contributed by atoms with E-state index in [1.807, 2.05) is 38.1 Å². The Hall–Kier alpha value is -1.28. The van der Waals surface area contributed by atoms with Crippen molar-refractivity contribution >= 4 is 7.12 Å². The lowest BCUT2D eigenvalue weighted by atomic mass is 9.79. The van der Waals surface area contributed by atoms with Crippen LogP contribution in [-0.2, 0) is 18.9 Å². The van der Waals surface area contributed by atoms with Gasteiger partial charge in [0.05, 0.1) is 5.82 Å². The van der Waals surface area contributed by atoms with Gasteiger partial charge in [-0.05, 0) is 32.4 Å². The first-order chi connectivity index (χ1) is 11.0. The summed E-state index contributed by atoms with van der Waals surface area (Å²) in [6.07, 6.45) is 0.00857. The smallest absolute Gasteiger partial charge is 0.523 e. The molecule has 23 heavy (non-hydrogen) atoms. The van der Waals surface area contributed by atoms with Gasteiger partial charge in [-0.15, -0.1) is 0 Å². The second-order valence-electron chi connectivity index (χ2n) is 7.06. The highest BCUT2D eigenvalue weighted by molar-refractivity contribution is 6.51. The zero-order chi connectivity index (χ0) is 15.8. The Morgan fingerprint density at radius 3 is 2.43 bits per heavy atom. The highest BCUT2D eigenvalue weighted by Crippen LogP contribution is 2.65. The van der Waals surface area contributed by atoms with Gasteiger partial charge in [-0.1, -0.05) is 12.1 Å². The summed E-state index contributed by atoms with van der Waals surface area (Å²) in [5.41, 5.74) is -0.453. The molecular weight excluding hydrogens is 299 g/mol. The summed E-state index contributed by atoms with van der Waals surface area (Å²) in [6.45, 7) is 3.84. The third kappa shape index (κ3) is 1.91. The van der Waals surface area contributed by atoms with E-state index in [0.717, 1.165) is 17.9 Å². The molecule has 1 saturated carbocycles. The maximum absolute atomic E-state index is 6.16. The first-order valence-corrected chi connectivity index (χ1v) is 8.01. The Morgan fingerprint density at radius 1 is 1.09 bits per heavy atom. The molecule has 1 aliphatic carbocycles. The van der Waals surface area contributed by atoms with E-state index >= 15 is 0 Å². The van der Waals surface area contributed by atoms with Crippen LogP contribution in [0.15, 0.2) is 24.3 Å². The average Bonchev–Trinajstić information content (AvgIpc) is 2.80. The largest absolute Gasteiger partial charge is 0.601 e. The number of hydrogen-bond donors (Lipinski definition) is 0. The molecule has 3 heterocycles. The fourth-order valence-electron chi connectivity index (χ4n) is 4.06. The predicted octanol–water partition coefficient (Wildman–Crippen LogP) is 1.98. The molecule has 1 unspecified atom stereocenters. The Labute approximate surface area is 135 Å². The number of rotatable bonds is 2. The molecule has 4 aliphatic rings. The van der Waals surface area contributed by atoms with Gasteiger partial charge >= 0.3 is 7.12 Å². The van der Waals surface area contributed by atoms with Gasteiger partial charge in [0, 0.05) is 7.11 Å². The fourth-order valence-corrected chi connectivity index (χ4v) is 4.06.